The van der Waals surface area contributed by atoms with Crippen LogP contribution in [0.4, 0.5) is 11.4 Å². The Balaban J connectivity index is 1.90. The van der Waals surface area contributed by atoms with Gasteiger partial charge in [0.05, 0.1) is 24.3 Å². The van der Waals surface area contributed by atoms with Gasteiger partial charge in [-0.25, -0.2) is 8.42 Å². The number of benzene rings is 3. The number of nitrogens with one attached hydrogen (secondary N) is 1. The Kier molecular flexibility index (Phi) is 7.37. The molecular formula is C24H26N2O5S. The van der Waals surface area contributed by atoms with Gasteiger partial charge >= 0.3 is 0 Å². The molecule has 3 aromatic carbocycles. The van der Waals surface area contributed by atoms with Crippen molar-refractivity contribution < 1.29 is 22.7 Å². The Labute approximate surface area is 188 Å². The van der Waals surface area contributed by atoms with Crippen LogP contribution in [0.25, 0.3) is 0 Å². The lowest BCUT2D eigenvalue weighted by Gasteiger charge is -2.24. The summed E-state index contributed by atoms with van der Waals surface area (Å²) >= 11 is 0. The van der Waals surface area contributed by atoms with E-state index in [9.17, 15) is 13.2 Å². The van der Waals surface area contributed by atoms with Crippen LogP contribution in [0.5, 0.6) is 11.5 Å². The van der Waals surface area contributed by atoms with Crippen molar-refractivity contribution in [3.8, 4) is 11.5 Å². The van der Waals surface area contributed by atoms with Gasteiger partial charge in [-0.1, -0.05) is 23.8 Å². The molecule has 8 heteroatoms. The van der Waals surface area contributed by atoms with Gasteiger partial charge in [-0.15, -0.1) is 0 Å². The van der Waals surface area contributed by atoms with Crippen molar-refractivity contribution in [3.63, 3.8) is 0 Å². The number of rotatable bonds is 9. The normalized spacial score (nSPS) is 11.0. The zero-order valence-electron chi connectivity index (χ0n) is 18.2. The number of methoxy groups -OCH3 is 1. The van der Waals surface area contributed by atoms with Crippen LogP contribution in [-0.4, -0.2) is 34.6 Å². The van der Waals surface area contributed by atoms with Crippen LogP contribution in [0.15, 0.2) is 77.7 Å². The zero-order chi connectivity index (χ0) is 23.1. The quantitative estimate of drug-likeness (QED) is 0.523. The summed E-state index contributed by atoms with van der Waals surface area (Å²) < 4.78 is 38.5. The van der Waals surface area contributed by atoms with Gasteiger partial charge in [0.2, 0.25) is 5.91 Å². The number of sulfonamides is 1. The molecular weight excluding hydrogens is 428 g/mol. The van der Waals surface area contributed by atoms with Crippen molar-refractivity contribution in [3.05, 3.63) is 78.4 Å². The highest BCUT2D eigenvalue weighted by atomic mass is 32.2. The van der Waals surface area contributed by atoms with E-state index in [2.05, 4.69) is 5.32 Å². The van der Waals surface area contributed by atoms with Gasteiger partial charge in [-0.3, -0.25) is 9.10 Å². The van der Waals surface area contributed by atoms with Crippen molar-refractivity contribution in [2.45, 2.75) is 18.7 Å². The van der Waals surface area contributed by atoms with E-state index in [4.69, 9.17) is 9.47 Å². The highest BCUT2D eigenvalue weighted by molar-refractivity contribution is 7.92. The predicted octanol–water partition coefficient (Wildman–Crippen LogP) is 4.24. The molecule has 0 radical (unpaired) electrons. The van der Waals surface area contributed by atoms with Crippen LogP contribution < -0.4 is 19.1 Å². The van der Waals surface area contributed by atoms with Crippen LogP contribution >= 0.6 is 0 Å². The van der Waals surface area contributed by atoms with Gasteiger partial charge in [-0.2, -0.15) is 0 Å². The van der Waals surface area contributed by atoms with E-state index in [1.807, 2.05) is 13.8 Å². The molecule has 0 aliphatic rings. The highest BCUT2D eigenvalue weighted by Crippen LogP contribution is 2.26. The van der Waals surface area contributed by atoms with Gasteiger partial charge in [0.25, 0.3) is 10.0 Å². The number of anilines is 2. The third kappa shape index (κ3) is 5.59. The molecule has 0 saturated heterocycles. The summed E-state index contributed by atoms with van der Waals surface area (Å²) in [5.74, 6) is 0.716. The fourth-order valence-electron chi connectivity index (χ4n) is 3.06. The van der Waals surface area contributed by atoms with Crippen LogP contribution in [0, 0.1) is 6.92 Å². The van der Waals surface area contributed by atoms with Gasteiger partial charge in [0, 0.05) is 11.8 Å². The summed E-state index contributed by atoms with van der Waals surface area (Å²) in [4.78, 5) is 12.9. The minimum atomic E-state index is -3.99. The molecule has 0 atom stereocenters. The average Bonchev–Trinajstić information content (AvgIpc) is 2.78. The highest BCUT2D eigenvalue weighted by Gasteiger charge is 2.27. The average molecular weight is 455 g/mol. The molecule has 1 N–H and O–H groups in total. The van der Waals surface area contributed by atoms with E-state index < -0.39 is 22.5 Å². The standard InChI is InChI=1S/C24H26N2O5S/c1-4-31-22-7-5-6-19(16-22)25-24(27)17-26(20-10-12-21(30-3)13-11-20)32(28,29)23-14-8-18(2)9-15-23/h5-16H,4,17H2,1-3H3,(H,25,27). The molecule has 0 spiro atoms. The Morgan fingerprint density at radius 2 is 1.66 bits per heavy atom. The molecule has 7 nitrogen and oxygen atoms in total. The molecule has 0 saturated carbocycles. The molecule has 0 fully saturated rings. The number of carbonyl (C=O) groups excluding carboxylic acids is 1. The monoisotopic (exact) mass is 454 g/mol. The van der Waals surface area contributed by atoms with Gasteiger partial charge in [-0.05, 0) is 62.4 Å². The molecule has 168 valence electrons. The SMILES string of the molecule is CCOc1cccc(NC(=O)CN(c2ccc(OC)cc2)S(=O)(=O)c2ccc(C)cc2)c1. The Bertz CT molecular complexity index is 1160. The van der Waals surface area contributed by atoms with E-state index in [1.165, 1.54) is 19.2 Å². The first kappa shape index (κ1) is 23.1. The fraction of sp³-hybridized carbons (Fsp3) is 0.208. The third-order valence-corrected chi connectivity index (χ3v) is 6.47. The Morgan fingerprint density at radius 3 is 2.28 bits per heavy atom. The molecule has 0 aliphatic heterocycles. The second kappa shape index (κ2) is 10.2. The van der Waals surface area contributed by atoms with Crippen molar-refractivity contribution in [2.75, 3.05) is 29.9 Å². The number of hydrogen-bond acceptors (Lipinski definition) is 5. The summed E-state index contributed by atoms with van der Waals surface area (Å²) in [5.41, 5.74) is 1.81. The topological polar surface area (TPSA) is 84.9 Å². The number of ether oxygens (including phenoxy) is 2. The van der Waals surface area contributed by atoms with Crippen molar-refractivity contribution >= 4 is 27.3 Å². The Morgan fingerprint density at radius 1 is 0.969 bits per heavy atom. The first-order chi connectivity index (χ1) is 15.3. The Hall–Kier alpha value is -3.52. The van der Waals surface area contributed by atoms with Crippen molar-refractivity contribution in [2.24, 2.45) is 0 Å². The summed E-state index contributed by atoms with van der Waals surface area (Å²) in [6.45, 7) is 3.84. The molecule has 0 aliphatic carbocycles. The van der Waals surface area contributed by atoms with Crippen LogP contribution in [0.2, 0.25) is 0 Å². The largest absolute Gasteiger partial charge is 0.497 e. The van der Waals surface area contributed by atoms with Crippen LogP contribution in [-0.2, 0) is 14.8 Å². The number of nitrogens with zero attached hydrogens (tertiary/aromatic N) is 1. The van der Waals surface area contributed by atoms with Crippen LogP contribution in [0.1, 0.15) is 12.5 Å². The summed E-state index contributed by atoms with van der Waals surface area (Å²) in [7, 11) is -2.46. The predicted molar refractivity (Wildman–Crippen MR) is 125 cm³/mol. The maximum atomic E-state index is 13.4. The second-order valence-electron chi connectivity index (χ2n) is 7.03. The molecule has 3 aromatic rings. The summed E-state index contributed by atoms with van der Waals surface area (Å²) in [5, 5.41) is 2.75. The van der Waals surface area contributed by atoms with Gasteiger partial charge < -0.3 is 14.8 Å². The van der Waals surface area contributed by atoms with Crippen molar-refractivity contribution in [1.29, 1.82) is 0 Å². The molecule has 0 aromatic heterocycles. The first-order valence-electron chi connectivity index (χ1n) is 10.1. The molecule has 32 heavy (non-hydrogen) atoms. The number of hydrogen-bond donors (Lipinski definition) is 1. The molecule has 0 heterocycles. The lowest BCUT2D eigenvalue weighted by Crippen LogP contribution is -2.38. The minimum Gasteiger partial charge on any atom is -0.497 e. The first-order valence-corrected chi connectivity index (χ1v) is 11.5. The van der Waals surface area contributed by atoms with E-state index >= 15 is 0 Å². The maximum Gasteiger partial charge on any atom is 0.264 e. The van der Waals surface area contributed by atoms with Crippen molar-refractivity contribution in [1.82, 2.24) is 0 Å². The third-order valence-electron chi connectivity index (χ3n) is 4.69. The number of carbonyl (C=O) groups is 1. The smallest absolute Gasteiger partial charge is 0.264 e. The lowest BCUT2D eigenvalue weighted by molar-refractivity contribution is -0.114. The fourth-order valence-corrected chi connectivity index (χ4v) is 4.48. The van der Waals surface area contributed by atoms with E-state index in [0.29, 0.717) is 29.5 Å². The number of amides is 1. The van der Waals surface area contributed by atoms with E-state index in [1.54, 1.807) is 60.7 Å². The van der Waals surface area contributed by atoms with Gasteiger partial charge in [0.1, 0.15) is 18.0 Å². The minimum absolute atomic E-state index is 0.102. The molecule has 0 unspecified atom stereocenters. The summed E-state index contributed by atoms with van der Waals surface area (Å²) in [6.07, 6.45) is 0. The summed E-state index contributed by atoms with van der Waals surface area (Å²) in [6, 6.07) is 20.0. The van der Waals surface area contributed by atoms with Crippen LogP contribution in [0.3, 0.4) is 0 Å². The molecule has 1 amide bonds. The lowest BCUT2D eigenvalue weighted by atomic mass is 10.2. The molecule has 3 rings (SSSR count). The van der Waals surface area contributed by atoms with Gasteiger partial charge in [0.15, 0.2) is 0 Å². The maximum absolute atomic E-state index is 13.4. The number of aryl methyl sites for hydroxylation is 1. The van der Waals surface area contributed by atoms with E-state index in [-0.39, 0.29) is 4.90 Å². The zero-order valence-corrected chi connectivity index (χ0v) is 19.1. The molecule has 0 bridgehead atoms. The second-order valence-corrected chi connectivity index (χ2v) is 8.89. The van der Waals surface area contributed by atoms with E-state index in [0.717, 1.165) is 9.87 Å².